The van der Waals surface area contributed by atoms with Crippen LogP contribution in [0.4, 0.5) is 4.79 Å². The van der Waals surface area contributed by atoms with Crippen molar-refractivity contribution in [3.8, 4) is 0 Å². The normalized spacial score (nSPS) is 29.0. The second-order valence-corrected chi connectivity index (χ2v) is 8.53. The first kappa shape index (κ1) is 17.1. The molecule has 1 amide bonds. The summed E-state index contributed by atoms with van der Waals surface area (Å²) >= 11 is 5.93. The van der Waals surface area contributed by atoms with Crippen LogP contribution >= 0.6 is 11.6 Å². The molecule has 6 heteroatoms. The molecule has 3 fully saturated rings. The molecule has 3 saturated carbocycles. The smallest absolute Gasteiger partial charge is 0.408 e. The van der Waals surface area contributed by atoms with E-state index in [2.05, 4.69) is 5.32 Å². The molecule has 0 aliphatic heterocycles. The Bertz CT molecular complexity index is 657. The highest BCUT2D eigenvalue weighted by atomic mass is 35.5. The Morgan fingerprint density at radius 3 is 2.21 bits per heavy atom. The largest absolute Gasteiger partial charge is 0.480 e. The second-order valence-electron chi connectivity index (χ2n) is 8.10. The number of benzene rings is 1. The number of carbonyl (C=O) groups is 2. The minimum absolute atomic E-state index is 0.0356. The van der Waals surface area contributed by atoms with Crippen LogP contribution in [0.25, 0.3) is 0 Å². The molecule has 0 saturated heterocycles. The van der Waals surface area contributed by atoms with Gasteiger partial charge in [0.2, 0.25) is 0 Å². The third-order valence-corrected chi connectivity index (χ3v) is 5.30. The number of amides is 1. The van der Waals surface area contributed by atoms with Gasteiger partial charge in [0.1, 0.15) is 11.6 Å². The number of ether oxygens (including phenoxy) is 1. The van der Waals surface area contributed by atoms with Gasteiger partial charge in [0.25, 0.3) is 0 Å². The number of carboxylic acids is 1. The van der Waals surface area contributed by atoms with E-state index in [0.717, 1.165) is 19.3 Å². The van der Waals surface area contributed by atoms with Gasteiger partial charge in [-0.05, 0) is 63.1 Å². The fourth-order valence-corrected chi connectivity index (χ4v) is 4.31. The van der Waals surface area contributed by atoms with Gasteiger partial charge >= 0.3 is 12.1 Å². The summed E-state index contributed by atoms with van der Waals surface area (Å²) in [5, 5.41) is 12.8. The Labute approximate surface area is 146 Å². The molecule has 0 heterocycles. The molecule has 0 radical (unpaired) electrons. The molecule has 1 unspecified atom stereocenters. The van der Waals surface area contributed by atoms with E-state index in [4.69, 9.17) is 16.3 Å². The zero-order valence-corrected chi connectivity index (χ0v) is 14.8. The maximum Gasteiger partial charge on any atom is 0.408 e. The van der Waals surface area contributed by atoms with Gasteiger partial charge in [-0.2, -0.15) is 0 Å². The summed E-state index contributed by atoms with van der Waals surface area (Å²) in [6.07, 6.45) is 1.59. The molecular weight excluding hydrogens is 330 g/mol. The molecule has 0 spiro atoms. The van der Waals surface area contributed by atoms with Gasteiger partial charge < -0.3 is 15.2 Å². The maximum atomic E-state index is 12.0. The van der Waals surface area contributed by atoms with Gasteiger partial charge in [-0.1, -0.05) is 23.7 Å². The van der Waals surface area contributed by atoms with Gasteiger partial charge in [0, 0.05) is 10.4 Å². The third kappa shape index (κ3) is 2.86. The molecule has 3 aliphatic carbocycles. The predicted octanol–water partition coefficient (Wildman–Crippen LogP) is 3.74. The topological polar surface area (TPSA) is 75.6 Å². The summed E-state index contributed by atoms with van der Waals surface area (Å²) in [7, 11) is 0. The Hall–Kier alpha value is -1.75. The number of nitrogens with one attached hydrogen (secondary N) is 1. The Kier molecular flexibility index (Phi) is 3.83. The minimum Gasteiger partial charge on any atom is -0.480 e. The standard InChI is InChI=1S/C18H22ClNO4/c1-16(2,3)24-15(23)20-13(14(21)22)18-8-17(9-18,10-18)11-4-6-12(19)7-5-11/h4-7,13H,8-10H2,1-3H3,(H,20,23)(H,21,22). The fraction of sp³-hybridized carbons (Fsp3) is 0.556. The molecule has 0 aromatic heterocycles. The quantitative estimate of drug-likeness (QED) is 0.866. The number of halogens is 1. The first-order chi connectivity index (χ1) is 11.1. The van der Waals surface area contributed by atoms with Crippen LogP contribution in [0.2, 0.25) is 5.02 Å². The minimum atomic E-state index is -1.01. The molecule has 1 aromatic carbocycles. The van der Waals surface area contributed by atoms with Crippen LogP contribution < -0.4 is 5.32 Å². The van der Waals surface area contributed by atoms with Crippen molar-refractivity contribution in [2.75, 3.05) is 0 Å². The van der Waals surface area contributed by atoms with Crippen LogP contribution in [-0.4, -0.2) is 28.8 Å². The third-order valence-electron chi connectivity index (χ3n) is 5.05. The van der Waals surface area contributed by atoms with Gasteiger partial charge in [-0.15, -0.1) is 0 Å². The second kappa shape index (κ2) is 5.38. The average molecular weight is 352 g/mol. The fourth-order valence-electron chi connectivity index (χ4n) is 4.18. The molecule has 2 bridgehead atoms. The molecule has 1 aromatic rings. The zero-order valence-electron chi connectivity index (χ0n) is 14.1. The molecule has 1 atom stereocenters. The van der Waals surface area contributed by atoms with Crippen molar-refractivity contribution < 1.29 is 19.4 Å². The van der Waals surface area contributed by atoms with Crippen molar-refractivity contribution in [2.45, 2.75) is 57.1 Å². The van der Waals surface area contributed by atoms with Gasteiger partial charge in [-0.3, -0.25) is 0 Å². The van der Waals surface area contributed by atoms with Crippen molar-refractivity contribution in [1.29, 1.82) is 0 Å². The SMILES string of the molecule is CC(C)(C)OC(=O)NC(C(=O)O)C12CC(c3ccc(Cl)cc3)(C1)C2. The van der Waals surface area contributed by atoms with E-state index in [1.54, 1.807) is 20.8 Å². The Balaban J connectivity index is 1.67. The summed E-state index contributed by atoms with van der Waals surface area (Å²) in [4.78, 5) is 23.6. The van der Waals surface area contributed by atoms with Crippen molar-refractivity contribution in [2.24, 2.45) is 5.41 Å². The summed E-state index contributed by atoms with van der Waals surface area (Å²) in [6, 6.07) is 6.81. The lowest BCUT2D eigenvalue weighted by Gasteiger charge is -2.72. The van der Waals surface area contributed by atoms with Crippen LogP contribution in [0.15, 0.2) is 24.3 Å². The van der Waals surface area contributed by atoms with E-state index in [1.807, 2.05) is 24.3 Å². The van der Waals surface area contributed by atoms with Gasteiger partial charge in [0.15, 0.2) is 0 Å². The lowest BCUT2D eigenvalue weighted by atomic mass is 9.31. The van der Waals surface area contributed by atoms with E-state index in [9.17, 15) is 14.7 Å². The van der Waals surface area contributed by atoms with Crippen LogP contribution in [0.3, 0.4) is 0 Å². The monoisotopic (exact) mass is 351 g/mol. The van der Waals surface area contributed by atoms with Crippen LogP contribution in [-0.2, 0) is 14.9 Å². The summed E-state index contributed by atoms with van der Waals surface area (Å²) in [6.45, 7) is 5.25. The van der Waals surface area contributed by atoms with E-state index in [0.29, 0.717) is 5.02 Å². The molecular formula is C18H22ClNO4. The summed E-state index contributed by atoms with van der Waals surface area (Å²) < 4.78 is 5.19. The number of hydrogen-bond donors (Lipinski definition) is 2. The highest BCUT2D eigenvalue weighted by molar-refractivity contribution is 6.30. The first-order valence-electron chi connectivity index (χ1n) is 8.04. The number of carboxylic acid groups (broad SMARTS) is 1. The number of carbonyl (C=O) groups excluding carboxylic acids is 1. The molecule has 2 N–H and O–H groups in total. The first-order valence-corrected chi connectivity index (χ1v) is 8.42. The number of rotatable bonds is 4. The average Bonchev–Trinajstić information content (AvgIpc) is 2.34. The molecule has 4 rings (SSSR count). The lowest BCUT2D eigenvalue weighted by molar-refractivity contribution is -0.183. The Morgan fingerprint density at radius 2 is 1.75 bits per heavy atom. The predicted molar refractivity (Wildman–Crippen MR) is 90.2 cm³/mol. The van der Waals surface area contributed by atoms with Crippen LogP contribution in [0, 0.1) is 5.41 Å². The van der Waals surface area contributed by atoms with E-state index < -0.39 is 23.7 Å². The summed E-state index contributed by atoms with van der Waals surface area (Å²) in [5.41, 5.74) is 0.197. The number of hydrogen-bond acceptors (Lipinski definition) is 3. The molecule has 24 heavy (non-hydrogen) atoms. The number of alkyl carbamates (subject to hydrolysis) is 1. The number of aliphatic carboxylic acids is 1. The van der Waals surface area contributed by atoms with E-state index in [1.165, 1.54) is 5.56 Å². The van der Waals surface area contributed by atoms with Crippen LogP contribution in [0.5, 0.6) is 0 Å². The van der Waals surface area contributed by atoms with E-state index in [-0.39, 0.29) is 10.8 Å². The molecule has 3 aliphatic rings. The van der Waals surface area contributed by atoms with Gasteiger partial charge in [0.05, 0.1) is 0 Å². The van der Waals surface area contributed by atoms with Crippen molar-refractivity contribution in [1.82, 2.24) is 5.32 Å². The Morgan fingerprint density at radius 1 is 1.21 bits per heavy atom. The highest BCUT2D eigenvalue weighted by Gasteiger charge is 2.72. The zero-order chi connectivity index (χ0) is 17.8. The lowest BCUT2D eigenvalue weighted by Crippen LogP contribution is -2.73. The molecule has 130 valence electrons. The van der Waals surface area contributed by atoms with Crippen molar-refractivity contribution >= 4 is 23.7 Å². The molecule has 5 nitrogen and oxygen atoms in total. The van der Waals surface area contributed by atoms with Gasteiger partial charge in [-0.25, -0.2) is 9.59 Å². The van der Waals surface area contributed by atoms with Crippen LogP contribution in [0.1, 0.15) is 45.6 Å². The summed E-state index contributed by atoms with van der Waals surface area (Å²) in [5.74, 6) is -1.01. The van der Waals surface area contributed by atoms with E-state index >= 15 is 0 Å². The van der Waals surface area contributed by atoms with Crippen molar-refractivity contribution in [3.05, 3.63) is 34.9 Å². The maximum absolute atomic E-state index is 12.0. The highest BCUT2D eigenvalue weighted by Crippen LogP contribution is 2.74. The van der Waals surface area contributed by atoms with Crippen molar-refractivity contribution in [3.63, 3.8) is 0 Å².